The second kappa shape index (κ2) is 31.3. The number of rotatable bonds is 12. The molecule has 0 radical (unpaired) electrons. The van der Waals surface area contributed by atoms with Crippen molar-refractivity contribution in [1.82, 2.24) is 42.5 Å². The first kappa shape index (κ1) is 58.4. The molecule has 1 aliphatic heterocycles. The monoisotopic (exact) mass is 1090 g/mol. The summed E-state index contributed by atoms with van der Waals surface area (Å²) in [7, 11) is 5.01. The van der Waals surface area contributed by atoms with Crippen LogP contribution in [0.1, 0.15) is 22.3 Å². The van der Waals surface area contributed by atoms with Gasteiger partial charge in [-0.25, -0.2) is 0 Å². The van der Waals surface area contributed by atoms with E-state index in [-0.39, 0.29) is 61.8 Å². The predicted octanol–water partition coefficient (Wildman–Crippen LogP) is 0.203. The van der Waals surface area contributed by atoms with Gasteiger partial charge in [0.15, 0.2) is 0 Å². The first-order valence-electron chi connectivity index (χ1n) is 23.6. The highest BCUT2D eigenvalue weighted by Crippen LogP contribution is 2.24. The summed E-state index contributed by atoms with van der Waals surface area (Å²) < 4.78 is 0. The van der Waals surface area contributed by atoms with Gasteiger partial charge in [-0.2, -0.15) is 0 Å². The molecule has 1 fully saturated rings. The number of aromatic hydroxyl groups is 2. The molecule has 24 heteroatoms. The van der Waals surface area contributed by atoms with Crippen molar-refractivity contribution < 1.29 is 48.6 Å². The summed E-state index contributed by atoms with van der Waals surface area (Å²) in [6, 6.07) is 23.4. The second-order valence-corrected chi connectivity index (χ2v) is 22.2. The molecule has 0 saturated carbocycles. The highest BCUT2D eigenvalue weighted by atomic mass is 33.1. The van der Waals surface area contributed by atoms with Gasteiger partial charge in [-0.3, -0.25) is 38.4 Å². The van der Waals surface area contributed by atoms with Crippen LogP contribution in [-0.4, -0.2) is 143 Å². The number of nitrogens with one attached hydrogen (secondary N) is 8. The minimum Gasteiger partial charge on any atom is -0.508 e. The normalized spacial score (nSPS) is 20.5. The van der Waals surface area contributed by atoms with Gasteiger partial charge in [0.25, 0.3) is 0 Å². The Hall–Kier alpha value is -6.44. The molecule has 14 N–H and O–H groups in total. The molecule has 1 saturated heterocycles. The van der Waals surface area contributed by atoms with E-state index in [1.54, 1.807) is 48.5 Å². The van der Waals surface area contributed by atoms with Crippen LogP contribution in [0.2, 0.25) is 0 Å². The third-order valence-corrected chi connectivity index (χ3v) is 15.9. The number of nitrogens with two attached hydrogens (primary N) is 2. The largest absolute Gasteiger partial charge is 0.508 e. The fourth-order valence-electron chi connectivity index (χ4n) is 7.10. The quantitative estimate of drug-likeness (QED) is 0.0844. The molecule has 0 unspecified atom stereocenters. The van der Waals surface area contributed by atoms with Crippen LogP contribution < -0.4 is 54.0 Å². The van der Waals surface area contributed by atoms with Crippen molar-refractivity contribution in [2.45, 2.75) is 61.9 Å². The van der Waals surface area contributed by atoms with Crippen molar-refractivity contribution in [3.63, 3.8) is 0 Å². The maximum absolute atomic E-state index is 13.8. The zero-order chi connectivity index (χ0) is 53.2. The van der Waals surface area contributed by atoms with Crippen LogP contribution in [0.15, 0.2) is 109 Å². The summed E-state index contributed by atoms with van der Waals surface area (Å²) in [5, 5.41) is 41.0. The van der Waals surface area contributed by atoms with Gasteiger partial charge in [0.1, 0.15) is 35.7 Å². The van der Waals surface area contributed by atoms with Gasteiger partial charge in [-0.15, -0.1) is 0 Å². The van der Waals surface area contributed by atoms with Crippen molar-refractivity contribution in [3.8, 4) is 11.5 Å². The molecule has 0 aliphatic carbocycles. The van der Waals surface area contributed by atoms with Crippen molar-refractivity contribution in [3.05, 3.63) is 131 Å². The number of hydrogen-bond acceptors (Lipinski definition) is 16. The number of carbonyl (C=O) groups is 8. The lowest BCUT2D eigenvalue weighted by Gasteiger charge is -2.23. The molecule has 4 aromatic carbocycles. The van der Waals surface area contributed by atoms with Crippen LogP contribution in [0.4, 0.5) is 0 Å². The lowest BCUT2D eigenvalue weighted by atomic mass is 10.1. The zero-order valence-electron chi connectivity index (χ0n) is 40.3. The molecule has 0 bridgehead atoms. The second-order valence-electron chi connectivity index (χ2n) is 16.9. The van der Waals surface area contributed by atoms with Crippen molar-refractivity contribution in [2.75, 3.05) is 49.2 Å². The summed E-state index contributed by atoms with van der Waals surface area (Å²) in [5.41, 5.74) is 15.4. The SMILES string of the molecule is N[C@@H](Cc1ccc(O)cc1)C(=O)N[C@@H]1CSSC[C@@H](NC(=O)[C@@H](N)Cc2ccc(O)cc2)C(=O)NCC(=O)N[C@@H](Cc2ccccc2)C(=O)NCCSSCCNC(=O)[C@H](Cc2ccccc2)NC(=O)CNC1=O. The molecule has 8 amide bonds. The van der Waals surface area contributed by atoms with Gasteiger partial charge in [-0.05, 0) is 59.4 Å². The maximum Gasteiger partial charge on any atom is 0.243 e. The van der Waals surface area contributed by atoms with Gasteiger partial charge in [0, 0.05) is 48.9 Å². The average Bonchev–Trinajstić information content (AvgIpc) is 3.39. The number of hydrogen-bond donors (Lipinski definition) is 12. The number of benzene rings is 4. The highest BCUT2D eigenvalue weighted by molar-refractivity contribution is 8.77. The Morgan fingerprint density at radius 3 is 1.23 bits per heavy atom. The van der Waals surface area contributed by atoms with Crippen molar-refractivity contribution in [2.24, 2.45) is 11.5 Å². The van der Waals surface area contributed by atoms with Crippen LogP contribution in [0.5, 0.6) is 11.5 Å². The number of phenolic OH excluding ortho intramolecular Hbond substituents is 2. The van der Waals surface area contributed by atoms with E-state index in [0.717, 1.165) is 32.7 Å². The standard InChI is InChI=1S/C50H62N10O10S4/c51-37(23-33-11-15-35(61)16-12-33)45(65)59-41-29-73-74-30-42(60-46(66)38(52)24-34-13-17-36(62)18-14-34)50(70)56-28-44(64)58-40(26-32-9-5-2-6-10-32)48(68)54-20-22-72-71-21-19-53-47(67)39(25-31-7-3-1-4-8-31)57-43(63)27-55-49(41)69/h1-18,37-42,61-62H,19-30,51-52H2,(H,53,67)(H,54,68)(H,55,69)(H,56,70)(H,57,63)(H,58,64)(H,59,65)(H,60,66)/t37-,38-,39-,40-,41+,42+/m0/s1. The average molecular weight is 1090 g/mol. The van der Waals surface area contributed by atoms with E-state index >= 15 is 0 Å². The van der Waals surface area contributed by atoms with E-state index in [1.165, 1.54) is 45.9 Å². The van der Waals surface area contributed by atoms with Gasteiger partial charge in [0.05, 0.1) is 25.2 Å². The van der Waals surface area contributed by atoms with Gasteiger partial charge < -0.3 is 64.2 Å². The molecule has 1 aliphatic rings. The molecule has 74 heavy (non-hydrogen) atoms. The summed E-state index contributed by atoms with van der Waals surface area (Å²) in [4.78, 5) is 109. The van der Waals surface area contributed by atoms with Crippen LogP contribution >= 0.6 is 43.2 Å². The smallest absolute Gasteiger partial charge is 0.243 e. The molecule has 1 heterocycles. The molecule has 20 nitrogen and oxygen atoms in total. The summed E-state index contributed by atoms with van der Waals surface area (Å²) >= 11 is 0. The zero-order valence-corrected chi connectivity index (χ0v) is 43.6. The van der Waals surface area contributed by atoms with Gasteiger partial charge >= 0.3 is 0 Å². The molecule has 0 aromatic heterocycles. The first-order chi connectivity index (χ1) is 35.6. The van der Waals surface area contributed by atoms with E-state index in [4.69, 9.17) is 11.5 Å². The summed E-state index contributed by atoms with van der Waals surface area (Å²) in [6.45, 7) is -0.612. The number of amides is 8. The van der Waals surface area contributed by atoms with Gasteiger partial charge in [0.2, 0.25) is 47.3 Å². The van der Waals surface area contributed by atoms with E-state index in [1.807, 2.05) is 36.4 Å². The summed E-state index contributed by atoms with van der Waals surface area (Å²) in [6.07, 6.45) is 0.402. The molecular weight excluding hydrogens is 1030 g/mol. The van der Waals surface area contributed by atoms with E-state index in [2.05, 4.69) is 42.5 Å². The van der Waals surface area contributed by atoms with E-state index < -0.39 is 96.6 Å². The Labute approximate surface area is 444 Å². The Morgan fingerprint density at radius 2 is 0.865 bits per heavy atom. The Balaban J connectivity index is 1.35. The van der Waals surface area contributed by atoms with Gasteiger partial charge in [-0.1, -0.05) is 128 Å². The lowest BCUT2D eigenvalue weighted by molar-refractivity contribution is -0.131. The molecule has 5 rings (SSSR count). The fraction of sp³-hybridized carbons (Fsp3) is 0.360. The number of carbonyl (C=O) groups excluding carboxylic acids is 8. The lowest BCUT2D eigenvalue weighted by Crippen LogP contribution is -2.55. The van der Waals surface area contributed by atoms with Crippen LogP contribution in [0.25, 0.3) is 0 Å². The minimum atomic E-state index is -1.30. The molecule has 0 spiro atoms. The van der Waals surface area contributed by atoms with Crippen LogP contribution in [-0.2, 0) is 64.0 Å². The molecule has 6 atom stereocenters. The summed E-state index contributed by atoms with van der Waals surface area (Å²) in [5.74, 6) is -4.45. The Kier molecular flexibility index (Phi) is 24.7. The van der Waals surface area contributed by atoms with Crippen LogP contribution in [0.3, 0.4) is 0 Å². The Morgan fingerprint density at radius 1 is 0.500 bits per heavy atom. The highest BCUT2D eigenvalue weighted by Gasteiger charge is 2.29. The maximum atomic E-state index is 13.8. The van der Waals surface area contributed by atoms with Crippen LogP contribution in [0, 0.1) is 0 Å². The third-order valence-electron chi connectivity index (χ3n) is 11.0. The molecule has 4 aromatic rings. The molecular formula is C50H62N10O10S4. The van der Waals surface area contributed by atoms with Crippen molar-refractivity contribution >= 4 is 90.4 Å². The topological polar surface area (TPSA) is 325 Å². The van der Waals surface area contributed by atoms with Crippen molar-refractivity contribution in [1.29, 1.82) is 0 Å². The van der Waals surface area contributed by atoms with E-state index in [0.29, 0.717) is 22.6 Å². The number of phenols is 2. The molecule has 396 valence electrons. The fourth-order valence-corrected chi connectivity index (χ4v) is 11.2. The Bertz CT molecular complexity index is 2310. The minimum absolute atomic E-state index is 0.0220. The van der Waals surface area contributed by atoms with E-state index in [9.17, 15) is 48.6 Å². The predicted molar refractivity (Wildman–Crippen MR) is 289 cm³/mol. The first-order valence-corrected chi connectivity index (χ1v) is 28.5. The third kappa shape index (κ3) is 21.2.